The molecule has 15 heavy (non-hydrogen) atoms. The van der Waals surface area contributed by atoms with E-state index in [1.807, 2.05) is 0 Å². The molecule has 1 aliphatic heterocycles. The Labute approximate surface area is 99.2 Å². The molecule has 0 aliphatic carbocycles. The summed E-state index contributed by atoms with van der Waals surface area (Å²) in [5.74, 6) is 0.659. The smallest absolute Gasteiger partial charge is 0.177 e. The lowest BCUT2D eigenvalue weighted by Gasteiger charge is -2.22. The second-order valence-corrected chi connectivity index (χ2v) is 5.49. The molecule has 3 nitrogen and oxygen atoms in total. The Morgan fingerprint density at radius 3 is 3.00 bits per heavy atom. The first-order valence-corrected chi connectivity index (χ1v) is 6.36. The number of rotatable bonds is 2. The Morgan fingerprint density at radius 2 is 2.33 bits per heavy atom. The van der Waals surface area contributed by atoms with Crippen molar-refractivity contribution in [1.82, 2.24) is 9.55 Å². The topological polar surface area (TPSA) is 43.8 Å². The molecule has 0 aromatic carbocycles. The average molecular weight is 272 g/mol. The zero-order valence-corrected chi connectivity index (χ0v) is 10.9. The predicted molar refractivity (Wildman–Crippen MR) is 64.8 cm³/mol. The summed E-state index contributed by atoms with van der Waals surface area (Å²) in [6, 6.07) is 0.287. The van der Waals surface area contributed by atoms with Crippen LogP contribution in [0.1, 0.15) is 31.7 Å². The minimum atomic E-state index is 0.287. The quantitative estimate of drug-likeness (QED) is 0.896. The van der Waals surface area contributed by atoms with Crippen LogP contribution in [-0.2, 0) is 19.4 Å². The van der Waals surface area contributed by atoms with E-state index in [-0.39, 0.29) is 6.04 Å². The van der Waals surface area contributed by atoms with Gasteiger partial charge in [-0.1, -0.05) is 13.8 Å². The Bertz CT molecular complexity index is 357. The van der Waals surface area contributed by atoms with Crippen LogP contribution in [0.25, 0.3) is 0 Å². The molecule has 0 amide bonds. The monoisotopic (exact) mass is 271 g/mol. The lowest BCUT2D eigenvalue weighted by atomic mass is 10.0. The van der Waals surface area contributed by atoms with Crippen molar-refractivity contribution in [1.29, 1.82) is 0 Å². The lowest BCUT2D eigenvalue weighted by Crippen LogP contribution is -2.32. The van der Waals surface area contributed by atoms with Crippen molar-refractivity contribution in [3.05, 3.63) is 16.1 Å². The first-order valence-electron chi connectivity index (χ1n) is 5.57. The number of fused-ring (bicyclic) bond motifs is 1. The van der Waals surface area contributed by atoms with E-state index in [1.54, 1.807) is 0 Å². The van der Waals surface area contributed by atoms with E-state index in [1.165, 1.54) is 11.4 Å². The highest BCUT2D eigenvalue weighted by atomic mass is 79.9. The standard InChI is InChI=1S/C11H18BrN3/c1-7(2)5-9-10-4-3-8(13)6-15(10)11(12)14-9/h7-8H,3-6,13H2,1-2H3. The Balaban J connectivity index is 2.31. The first-order chi connectivity index (χ1) is 7.08. The van der Waals surface area contributed by atoms with E-state index < -0.39 is 0 Å². The molecule has 1 aliphatic rings. The van der Waals surface area contributed by atoms with E-state index >= 15 is 0 Å². The lowest BCUT2D eigenvalue weighted by molar-refractivity contribution is 0.451. The summed E-state index contributed by atoms with van der Waals surface area (Å²) in [4.78, 5) is 4.59. The molecule has 2 rings (SSSR count). The summed E-state index contributed by atoms with van der Waals surface area (Å²) in [5, 5.41) is 0. The molecule has 2 heterocycles. The summed E-state index contributed by atoms with van der Waals surface area (Å²) in [6.07, 6.45) is 3.22. The Morgan fingerprint density at radius 1 is 1.60 bits per heavy atom. The summed E-state index contributed by atoms with van der Waals surface area (Å²) in [5.41, 5.74) is 8.60. The fourth-order valence-electron chi connectivity index (χ4n) is 2.17. The number of aromatic nitrogens is 2. The minimum absolute atomic E-state index is 0.287. The molecule has 1 unspecified atom stereocenters. The van der Waals surface area contributed by atoms with Crippen molar-refractivity contribution in [2.45, 2.75) is 45.7 Å². The Kier molecular flexibility index (Phi) is 3.16. The maximum absolute atomic E-state index is 5.96. The summed E-state index contributed by atoms with van der Waals surface area (Å²) in [6.45, 7) is 5.36. The molecule has 0 bridgehead atoms. The highest BCUT2D eigenvalue weighted by molar-refractivity contribution is 9.10. The van der Waals surface area contributed by atoms with Crippen molar-refractivity contribution in [2.75, 3.05) is 0 Å². The van der Waals surface area contributed by atoms with Gasteiger partial charge < -0.3 is 10.3 Å². The number of nitrogens with two attached hydrogens (primary N) is 1. The van der Waals surface area contributed by atoms with Crippen LogP contribution in [0.15, 0.2) is 4.73 Å². The van der Waals surface area contributed by atoms with Gasteiger partial charge >= 0.3 is 0 Å². The maximum atomic E-state index is 5.96. The van der Waals surface area contributed by atoms with Gasteiger partial charge in [0.15, 0.2) is 4.73 Å². The summed E-state index contributed by atoms with van der Waals surface area (Å²) >= 11 is 3.52. The van der Waals surface area contributed by atoms with E-state index in [0.29, 0.717) is 5.92 Å². The van der Waals surface area contributed by atoms with Crippen LogP contribution < -0.4 is 5.73 Å². The second kappa shape index (κ2) is 4.26. The summed E-state index contributed by atoms with van der Waals surface area (Å²) in [7, 11) is 0. The predicted octanol–water partition coefficient (Wildman–Crippen LogP) is 2.12. The number of imidazole rings is 1. The molecule has 0 radical (unpaired) electrons. The molecular weight excluding hydrogens is 254 g/mol. The molecule has 4 heteroatoms. The van der Waals surface area contributed by atoms with Crippen LogP contribution in [0.2, 0.25) is 0 Å². The number of nitrogens with zero attached hydrogens (tertiary/aromatic N) is 2. The third kappa shape index (κ3) is 2.26. The number of hydrogen-bond donors (Lipinski definition) is 1. The molecule has 84 valence electrons. The van der Waals surface area contributed by atoms with Crippen molar-refractivity contribution >= 4 is 15.9 Å². The molecule has 1 atom stereocenters. The number of hydrogen-bond acceptors (Lipinski definition) is 2. The number of halogens is 1. The van der Waals surface area contributed by atoms with Crippen LogP contribution in [-0.4, -0.2) is 15.6 Å². The van der Waals surface area contributed by atoms with Gasteiger partial charge in [0.1, 0.15) is 0 Å². The van der Waals surface area contributed by atoms with Crippen molar-refractivity contribution in [2.24, 2.45) is 11.7 Å². The van der Waals surface area contributed by atoms with Gasteiger partial charge in [-0.25, -0.2) is 4.98 Å². The molecule has 0 saturated carbocycles. The van der Waals surface area contributed by atoms with E-state index in [9.17, 15) is 0 Å². The third-order valence-electron chi connectivity index (χ3n) is 2.88. The van der Waals surface area contributed by atoms with Gasteiger partial charge in [0, 0.05) is 18.3 Å². The zero-order chi connectivity index (χ0) is 11.0. The van der Waals surface area contributed by atoms with Gasteiger partial charge in [-0.3, -0.25) is 0 Å². The molecule has 0 fully saturated rings. The van der Waals surface area contributed by atoms with Gasteiger partial charge in [-0.2, -0.15) is 0 Å². The molecular formula is C11H18BrN3. The summed E-state index contributed by atoms with van der Waals surface area (Å²) < 4.78 is 3.18. The van der Waals surface area contributed by atoms with Crippen LogP contribution >= 0.6 is 15.9 Å². The van der Waals surface area contributed by atoms with Gasteiger partial charge in [0.2, 0.25) is 0 Å². The van der Waals surface area contributed by atoms with E-state index in [4.69, 9.17) is 5.73 Å². The highest BCUT2D eigenvalue weighted by Gasteiger charge is 2.22. The van der Waals surface area contributed by atoms with Crippen molar-refractivity contribution in [3.8, 4) is 0 Å². The normalized spacial score (nSPS) is 20.7. The molecule has 0 saturated heterocycles. The Hall–Kier alpha value is -0.350. The van der Waals surface area contributed by atoms with Crippen LogP contribution in [0, 0.1) is 5.92 Å². The van der Waals surface area contributed by atoms with Crippen LogP contribution in [0.3, 0.4) is 0 Å². The molecule has 2 N–H and O–H groups in total. The zero-order valence-electron chi connectivity index (χ0n) is 9.33. The highest BCUT2D eigenvalue weighted by Crippen LogP contribution is 2.25. The molecule has 1 aromatic rings. The van der Waals surface area contributed by atoms with Gasteiger partial charge in [-0.05, 0) is 41.1 Å². The minimum Gasteiger partial charge on any atom is -0.326 e. The van der Waals surface area contributed by atoms with Crippen LogP contribution in [0.4, 0.5) is 0 Å². The first kappa shape index (κ1) is 11.1. The van der Waals surface area contributed by atoms with E-state index in [0.717, 1.165) is 30.5 Å². The second-order valence-electron chi connectivity index (χ2n) is 4.78. The largest absolute Gasteiger partial charge is 0.326 e. The molecule has 0 spiro atoms. The van der Waals surface area contributed by atoms with Gasteiger partial charge in [-0.15, -0.1) is 0 Å². The molecule has 1 aromatic heterocycles. The van der Waals surface area contributed by atoms with Crippen molar-refractivity contribution < 1.29 is 0 Å². The van der Waals surface area contributed by atoms with E-state index in [2.05, 4.69) is 39.3 Å². The SMILES string of the molecule is CC(C)Cc1nc(Br)n2c1CCC(N)C2. The third-order valence-corrected chi connectivity index (χ3v) is 3.48. The maximum Gasteiger partial charge on any atom is 0.177 e. The van der Waals surface area contributed by atoms with Gasteiger partial charge in [0.25, 0.3) is 0 Å². The fraction of sp³-hybridized carbons (Fsp3) is 0.727. The van der Waals surface area contributed by atoms with Gasteiger partial charge in [0.05, 0.1) is 5.69 Å². The average Bonchev–Trinajstić information content (AvgIpc) is 2.42. The van der Waals surface area contributed by atoms with Crippen LogP contribution in [0.5, 0.6) is 0 Å². The van der Waals surface area contributed by atoms with Crippen molar-refractivity contribution in [3.63, 3.8) is 0 Å². The fourth-order valence-corrected chi connectivity index (χ4v) is 2.74.